The van der Waals surface area contributed by atoms with Gasteiger partial charge in [0.25, 0.3) is 0 Å². The second-order valence-corrected chi connectivity index (χ2v) is 7.51. The van der Waals surface area contributed by atoms with Crippen molar-refractivity contribution < 1.29 is 9.21 Å². The van der Waals surface area contributed by atoms with Crippen molar-refractivity contribution in [2.24, 2.45) is 7.05 Å². The summed E-state index contributed by atoms with van der Waals surface area (Å²) in [6.07, 6.45) is 7.82. The van der Waals surface area contributed by atoms with Crippen LogP contribution in [0, 0.1) is 6.92 Å². The van der Waals surface area contributed by atoms with Crippen molar-refractivity contribution in [3.8, 4) is 11.5 Å². The number of aryl methyl sites for hydroxylation is 2. The molecule has 0 spiro atoms. The Kier molecular flexibility index (Phi) is 4.96. The number of Topliss-reactive ketones (excluding diaryl/α,β-unsaturated/α-hetero) is 1. The molecule has 0 saturated heterocycles. The standard InChI is InChI=1S/C22H20N4O2.ClH/c1-13-7-15(5-6-23-13)22-24-20(12-28-22)21(27)9-16-8-17-11-26(2)25-19(17)10-18(16)14-3-4-14;/h5-8,10-12,14H,3-4,9H2,1-2H3;1H. The van der Waals surface area contributed by atoms with Crippen LogP contribution in [-0.2, 0) is 13.5 Å². The first-order chi connectivity index (χ1) is 13.6. The molecule has 0 atom stereocenters. The first kappa shape index (κ1) is 19.3. The minimum absolute atomic E-state index is 0. The maximum Gasteiger partial charge on any atom is 0.226 e. The number of hydrogen-bond acceptors (Lipinski definition) is 5. The number of hydrogen-bond donors (Lipinski definition) is 0. The molecule has 0 radical (unpaired) electrons. The van der Waals surface area contributed by atoms with Crippen LogP contribution in [0.1, 0.15) is 46.1 Å². The van der Waals surface area contributed by atoms with Gasteiger partial charge in [-0.1, -0.05) is 0 Å². The van der Waals surface area contributed by atoms with E-state index in [1.807, 2.05) is 37.0 Å². The Balaban J connectivity index is 0.00000205. The smallest absolute Gasteiger partial charge is 0.226 e. The Morgan fingerprint density at radius 1 is 1.28 bits per heavy atom. The van der Waals surface area contributed by atoms with Gasteiger partial charge in [-0.05, 0) is 61.1 Å². The molecule has 1 aliphatic rings. The molecule has 3 aromatic heterocycles. The van der Waals surface area contributed by atoms with E-state index in [9.17, 15) is 4.79 Å². The largest absolute Gasteiger partial charge is 0.444 e. The van der Waals surface area contributed by atoms with Gasteiger partial charge in [0.2, 0.25) is 5.89 Å². The molecule has 0 aliphatic heterocycles. The highest BCUT2D eigenvalue weighted by molar-refractivity contribution is 5.96. The Bertz CT molecular complexity index is 1210. The molecular weight excluding hydrogens is 388 g/mol. The van der Waals surface area contributed by atoms with Gasteiger partial charge in [-0.2, -0.15) is 5.10 Å². The molecule has 1 saturated carbocycles. The van der Waals surface area contributed by atoms with Crippen LogP contribution in [0.4, 0.5) is 0 Å². The maximum absolute atomic E-state index is 12.9. The van der Waals surface area contributed by atoms with Gasteiger partial charge in [0, 0.05) is 42.5 Å². The topological polar surface area (TPSA) is 73.8 Å². The summed E-state index contributed by atoms with van der Waals surface area (Å²) in [6.45, 7) is 1.91. The number of halogens is 1. The molecule has 0 unspecified atom stereocenters. The summed E-state index contributed by atoms with van der Waals surface area (Å²) < 4.78 is 7.37. The van der Waals surface area contributed by atoms with E-state index in [1.54, 1.807) is 6.20 Å². The van der Waals surface area contributed by atoms with Crippen LogP contribution in [0.15, 0.2) is 47.3 Å². The normalized spacial score (nSPS) is 13.4. The quantitative estimate of drug-likeness (QED) is 0.449. The number of nitrogens with zero attached hydrogens (tertiary/aromatic N) is 4. The molecule has 5 rings (SSSR count). The number of pyridine rings is 1. The summed E-state index contributed by atoms with van der Waals surface area (Å²) in [5, 5.41) is 5.56. The first-order valence-corrected chi connectivity index (χ1v) is 9.45. The average molecular weight is 409 g/mol. The Morgan fingerprint density at radius 3 is 2.86 bits per heavy atom. The third kappa shape index (κ3) is 3.80. The van der Waals surface area contributed by atoms with E-state index in [4.69, 9.17) is 4.42 Å². The fraction of sp³-hybridized carbons (Fsp3) is 0.273. The van der Waals surface area contributed by atoms with Crippen LogP contribution in [0.5, 0.6) is 0 Å². The molecule has 3 heterocycles. The summed E-state index contributed by atoms with van der Waals surface area (Å²) in [5.74, 6) is 0.951. The monoisotopic (exact) mass is 408 g/mol. The highest BCUT2D eigenvalue weighted by Crippen LogP contribution is 2.43. The molecule has 1 aliphatic carbocycles. The number of carbonyl (C=O) groups is 1. The van der Waals surface area contributed by atoms with Gasteiger partial charge in [0.15, 0.2) is 5.78 Å². The van der Waals surface area contributed by atoms with Crippen molar-refractivity contribution in [1.82, 2.24) is 19.7 Å². The lowest BCUT2D eigenvalue weighted by atomic mass is 9.96. The van der Waals surface area contributed by atoms with Gasteiger partial charge in [0.1, 0.15) is 12.0 Å². The number of ketones is 1. The van der Waals surface area contributed by atoms with Crippen molar-refractivity contribution in [3.63, 3.8) is 0 Å². The average Bonchev–Trinajstić information content (AvgIpc) is 3.26. The number of oxazole rings is 1. The second kappa shape index (κ2) is 7.44. The highest BCUT2D eigenvalue weighted by Gasteiger charge is 2.28. The van der Waals surface area contributed by atoms with Crippen LogP contribution in [0.3, 0.4) is 0 Å². The van der Waals surface area contributed by atoms with Crippen LogP contribution in [0.2, 0.25) is 0 Å². The van der Waals surface area contributed by atoms with E-state index in [1.165, 1.54) is 24.7 Å². The number of fused-ring (bicyclic) bond motifs is 1. The minimum Gasteiger partial charge on any atom is -0.444 e. The summed E-state index contributed by atoms with van der Waals surface area (Å²) in [6, 6.07) is 7.96. The van der Waals surface area contributed by atoms with E-state index in [-0.39, 0.29) is 18.2 Å². The summed E-state index contributed by atoms with van der Waals surface area (Å²) >= 11 is 0. The molecule has 1 aromatic carbocycles. The van der Waals surface area contributed by atoms with Gasteiger partial charge < -0.3 is 4.42 Å². The fourth-order valence-corrected chi connectivity index (χ4v) is 3.66. The van der Waals surface area contributed by atoms with Crippen molar-refractivity contribution in [1.29, 1.82) is 0 Å². The van der Waals surface area contributed by atoms with Crippen LogP contribution in [0.25, 0.3) is 22.4 Å². The number of benzene rings is 1. The molecule has 6 nitrogen and oxygen atoms in total. The molecule has 0 amide bonds. The van der Waals surface area contributed by atoms with Crippen molar-refractivity contribution >= 4 is 29.1 Å². The fourth-order valence-electron chi connectivity index (χ4n) is 3.66. The molecule has 7 heteroatoms. The van der Waals surface area contributed by atoms with E-state index < -0.39 is 0 Å². The van der Waals surface area contributed by atoms with E-state index in [2.05, 4.69) is 27.2 Å². The van der Waals surface area contributed by atoms with E-state index >= 15 is 0 Å². The highest BCUT2D eigenvalue weighted by atomic mass is 35.5. The zero-order chi connectivity index (χ0) is 19.3. The molecule has 1 fully saturated rings. The molecule has 4 aromatic rings. The maximum atomic E-state index is 12.9. The molecular formula is C22H21ClN4O2. The zero-order valence-electron chi connectivity index (χ0n) is 16.3. The van der Waals surface area contributed by atoms with Gasteiger partial charge in [-0.15, -0.1) is 12.4 Å². The lowest BCUT2D eigenvalue weighted by Gasteiger charge is -2.07. The third-order valence-electron chi connectivity index (χ3n) is 5.18. The Labute approximate surface area is 174 Å². The Hall–Kier alpha value is -2.99. The van der Waals surface area contributed by atoms with Gasteiger partial charge in [-0.3, -0.25) is 14.5 Å². The lowest BCUT2D eigenvalue weighted by molar-refractivity contribution is 0.0988. The molecule has 29 heavy (non-hydrogen) atoms. The molecule has 0 N–H and O–H groups in total. The molecule has 0 bridgehead atoms. The van der Waals surface area contributed by atoms with Crippen molar-refractivity contribution in [2.75, 3.05) is 0 Å². The van der Waals surface area contributed by atoms with Crippen LogP contribution < -0.4 is 0 Å². The summed E-state index contributed by atoms with van der Waals surface area (Å²) in [5.41, 5.74) is 5.35. The third-order valence-corrected chi connectivity index (χ3v) is 5.18. The minimum atomic E-state index is -0.0362. The van der Waals surface area contributed by atoms with Crippen LogP contribution >= 0.6 is 12.4 Å². The lowest BCUT2D eigenvalue weighted by Crippen LogP contribution is -2.06. The first-order valence-electron chi connectivity index (χ1n) is 9.45. The predicted octanol–water partition coefficient (Wildman–Crippen LogP) is 4.66. The van der Waals surface area contributed by atoms with E-state index in [0.29, 0.717) is 23.9 Å². The van der Waals surface area contributed by atoms with Gasteiger partial charge >= 0.3 is 0 Å². The summed E-state index contributed by atoms with van der Waals surface area (Å²) in [7, 11) is 1.92. The van der Waals surface area contributed by atoms with Crippen molar-refractivity contribution in [3.05, 3.63) is 65.4 Å². The number of carbonyl (C=O) groups excluding carboxylic acids is 1. The van der Waals surface area contributed by atoms with Gasteiger partial charge in [0.05, 0.1) is 5.52 Å². The van der Waals surface area contributed by atoms with Gasteiger partial charge in [-0.25, -0.2) is 4.98 Å². The van der Waals surface area contributed by atoms with Crippen molar-refractivity contribution in [2.45, 2.75) is 32.1 Å². The number of aromatic nitrogens is 4. The zero-order valence-corrected chi connectivity index (χ0v) is 17.1. The summed E-state index contributed by atoms with van der Waals surface area (Å²) in [4.78, 5) is 21.5. The van der Waals surface area contributed by atoms with Crippen LogP contribution in [-0.4, -0.2) is 25.5 Å². The second-order valence-electron chi connectivity index (χ2n) is 7.51. The van der Waals surface area contributed by atoms with E-state index in [0.717, 1.165) is 27.7 Å². The molecule has 148 valence electrons. The SMILES string of the molecule is Cc1cc(-c2nc(C(=O)Cc3cc4cn(C)nc4cc3C3CC3)co2)ccn1.Cl. The number of rotatable bonds is 5. The Morgan fingerprint density at radius 2 is 2.10 bits per heavy atom. The predicted molar refractivity (Wildman–Crippen MR) is 112 cm³/mol.